The monoisotopic (exact) mass is 163 g/mol. The Labute approximate surface area is 74.9 Å². The summed E-state index contributed by atoms with van der Waals surface area (Å²) < 4.78 is 0. The van der Waals surface area contributed by atoms with Crippen molar-refractivity contribution in [3.63, 3.8) is 0 Å². The van der Waals surface area contributed by atoms with Gasteiger partial charge >= 0.3 is 0 Å². The van der Waals surface area contributed by atoms with Gasteiger partial charge in [0.15, 0.2) is 0 Å². The van der Waals surface area contributed by atoms with Gasteiger partial charge in [-0.2, -0.15) is 0 Å². The van der Waals surface area contributed by atoms with E-state index in [0.717, 1.165) is 6.42 Å². The summed E-state index contributed by atoms with van der Waals surface area (Å²) in [7, 11) is 0. The third-order valence-corrected chi connectivity index (χ3v) is 2.16. The second kappa shape index (κ2) is 4.15. The lowest BCUT2D eigenvalue weighted by Gasteiger charge is -2.03. The molecule has 0 fully saturated rings. The van der Waals surface area contributed by atoms with E-state index >= 15 is 0 Å². The fraction of sp³-hybridized carbons (Fsp3) is 0.455. The average Bonchev–Trinajstić information content (AvgIpc) is 2.42. The van der Waals surface area contributed by atoms with E-state index in [1.54, 1.807) is 0 Å². The summed E-state index contributed by atoms with van der Waals surface area (Å²) in [4.78, 5) is 0. The Morgan fingerprint density at radius 3 is 3.00 bits per heavy atom. The smallest absolute Gasteiger partial charge is 0.0334 e. The van der Waals surface area contributed by atoms with E-state index in [4.69, 9.17) is 0 Å². The number of hydrogen-bond donors (Lipinski definition) is 1. The minimum atomic E-state index is 0.601. The molecule has 1 heteroatoms. The van der Waals surface area contributed by atoms with E-state index in [-0.39, 0.29) is 0 Å². The van der Waals surface area contributed by atoms with E-state index in [2.05, 4.69) is 31.8 Å². The quantitative estimate of drug-likeness (QED) is 0.631. The van der Waals surface area contributed by atoms with E-state index in [9.17, 15) is 0 Å². The molecule has 0 aromatic heterocycles. The second-order valence-corrected chi connectivity index (χ2v) is 3.22. The van der Waals surface area contributed by atoms with Crippen molar-refractivity contribution in [3.8, 4) is 0 Å². The summed E-state index contributed by atoms with van der Waals surface area (Å²) in [6.45, 7) is 8.07. The van der Waals surface area contributed by atoms with Gasteiger partial charge in [-0.25, -0.2) is 0 Å². The number of hydrogen-bond acceptors (Lipinski definition) is 1. The summed E-state index contributed by atoms with van der Waals surface area (Å²) in [5, 5.41) is 3.43. The molecule has 0 radical (unpaired) electrons. The summed E-state index contributed by atoms with van der Waals surface area (Å²) in [5.41, 5.74) is 2.82. The third-order valence-electron chi connectivity index (χ3n) is 2.16. The maximum atomic E-state index is 3.65. The van der Waals surface area contributed by atoms with Crippen LogP contribution in [-0.4, -0.2) is 6.04 Å². The standard InChI is InChI=1S/C11H17N/c1-4-6-7-11-10(5-2)8-9(3)12-11/h4,6-7,9,12H,1,5,8H2,2-3H3/b7-6-. The highest BCUT2D eigenvalue weighted by molar-refractivity contribution is 5.30. The Morgan fingerprint density at radius 1 is 1.67 bits per heavy atom. The van der Waals surface area contributed by atoms with Crippen LogP contribution < -0.4 is 5.32 Å². The first kappa shape index (κ1) is 9.11. The molecule has 1 nitrogen and oxygen atoms in total. The zero-order valence-electron chi connectivity index (χ0n) is 7.93. The van der Waals surface area contributed by atoms with Crippen molar-refractivity contribution in [1.82, 2.24) is 5.32 Å². The third kappa shape index (κ3) is 2.00. The van der Waals surface area contributed by atoms with Crippen molar-refractivity contribution >= 4 is 0 Å². The van der Waals surface area contributed by atoms with E-state index in [0.29, 0.717) is 6.04 Å². The van der Waals surface area contributed by atoms with Gasteiger partial charge in [0, 0.05) is 11.7 Å². The predicted molar refractivity (Wildman–Crippen MR) is 53.9 cm³/mol. The Balaban J connectivity index is 2.70. The van der Waals surface area contributed by atoms with Gasteiger partial charge in [-0.1, -0.05) is 25.7 Å². The summed E-state index contributed by atoms with van der Waals surface area (Å²) >= 11 is 0. The Kier molecular flexibility index (Phi) is 3.15. The molecule has 66 valence electrons. The number of allylic oxidation sites excluding steroid dienone is 3. The molecule has 1 atom stereocenters. The number of nitrogens with one attached hydrogen (secondary N) is 1. The fourth-order valence-electron chi connectivity index (χ4n) is 1.56. The van der Waals surface area contributed by atoms with Crippen LogP contribution in [0.4, 0.5) is 0 Å². The SMILES string of the molecule is C=C/C=C\C1=C(CC)CC(C)N1. The first-order chi connectivity index (χ1) is 5.77. The molecule has 1 aliphatic heterocycles. The zero-order chi connectivity index (χ0) is 8.97. The van der Waals surface area contributed by atoms with Crippen molar-refractivity contribution in [2.75, 3.05) is 0 Å². The second-order valence-electron chi connectivity index (χ2n) is 3.22. The van der Waals surface area contributed by atoms with Gasteiger partial charge in [-0.05, 0) is 31.4 Å². The van der Waals surface area contributed by atoms with Crippen LogP contribution >= 0.6 is 0 Å². The highest BCUT2D eigenvalue weighted by Crippen LogP contribution is 2.21. The van der Waals surface area contributed by atoms with E-state index < -0.39 is 0 Å². The molecule has 1 heterocycles. The molecule has 0 aromatic carbocycles. The molecule has 12 heavy (non-hydrogen) atoms. The van der Waals surface area contributed by atoms with E-state index in [1.165, 1.54) is 17.7 Å². The first-order valence-electron chi connectivity index (χ1n) is 4.55. The van der Waals surface area contributed by atoms with Crippen molar-refractivity contribution in [1.29, 1.82) is 0 Å². The molecule has 1 N–H and O–H groups in total. The van der Waals surface area contributed by atoms with Crippen LogP contribution in [0.5, 0.6) is 0 Å². The molecule has 1 unspecified atom stereocenters. The zero-order valence-corrected chi connectivity index (χ0v) is 7.93. The van der Waals surface area contributed by atoms with Crippen molar-refractivity contribution in [2.24, 2.45) is 0 Å². The largest absolute Gasteiger partial charge is 0.382 e. The molecule has 0 aromatic rings. The van der Waals surface area contributed by atoms with Crippen molar-refractivity contribution in [2.45, 2.75) is 32.7 Å². The molecule has 0 amide bonds. The summed E-state index contributed by atoms with van der Waals surface area (Å²) in [6.07, 6.45) is 8.23. The number of rotatable bonds is 3. The first-order valence-corrected chi connectivity index (χ1v) is 4.55. The Morgan fingerprint density at radius 2 is 2.42 bits per heavy atom. The van der Waals surface area contributed by atoms with Crippen LogP contribution in [0.3, 0.4) is 0 Å². The maximum absolute atomic E-state index is 3.65. The minimum Gasteiger partial charge on any atom is -0.382 e. The van der Waals surface area contributed by atoms with Gasteiger partial charge in [0.05, 0.1) is 0 Å². The molecule has 0 saturated heterocycles. The van der Waals surface area contributed by atoms with Crippen LogP contribution in [-0.2, 0) is 0 Å². The highest BCUT2D eigenvalue weighted by Gasteiger charge is 2.15. The van der Waals surface area contributed by atoms with Gasteiger partial charge in [-0.15, -0.1) is 0 Å². The predicted octanol–water partition coefficient (Wildman–Crippen LogP) is 2.77. The minimum absolute atomic E-state index is 0.601. The highest BCUT2D eigenvalue weighted by atomic mass is 14.9. The normalized spacial score (nSPS) is 23.3. The fourth-order valence-corrected chi connectivity index (χ4v) is 1.56. The average molecular weight is 163 g/mol. The van der Waals surface area contributed by atoms with Crippen LogP contribution in [0, 0.1) is 0 Å². The Hall–Kier alpha value is -0.980. The molecule has 1 rings (SSSR count). The van der Waals surface area contributed by atoms with Crippen LogP contribution in [0.25, 0.3) is 0 Å². The lowest BCUT2D eigenvalue weighted by atomic mass is 10.1. The molecule has 1 aliphatic rings. The molecule has 0 bridgehead atoms. The van der Waals surface area contributed by atoms with Crippen LogP contribution in [0.15, 0.2) is 36.1 Å². The maximum Gasteiger partial charge on any atom is 0.0334 e. The molecular formula is C11H17N. The van der Waals surface area contributed by atoms with Crippen molar-refractivity contribution in [3.05, 3.63) is 36.1 Å². The molecular weight excluding hydrogens is 146 g/mol. The van der Waals surface area contributed by atoms with Crippen molar-refractivity contribution < 1.29 is 0 Å². The van der Waals surface area contributed by atoms with Gasteiger partial charge < -0.3 is 5.32 Å². The van der Waals surface area contributed by atoms with Crippen LogP contribution in [0.2, 0.25) is 0 Å². The van der Waals surface area contributed by atoms with Gasteiger partial charge in [-0.3, -0.25) is 0 Å². The molecule has 0 aliphatic carbocycles. The topological polar surface area (TPSA) is 12.0 Å². The molecule has 0 spiro atoms. The van der Waals surface area contributed by atoms with Gasteiger partial charge in [0.25, 0.3) is 0 Å². The van der Waals surface area contributed by atoms with E-state index in [1.807, 2.05) is 12.2 Å². The van der Waals surface area contributed by atoms with Crippen LogP contribution in [0.1, 0.15) is 26.7 Å². The van der Waals surface area contributed by atoms with Gasteiger partial charge in [0.1, 0.15) is 0 Å². The lowest BCUT2D eigenvalue weighted by molar-refractivity contribution is 0.669. The lowest BCUT2D eigenvalue weighted by Crippen LogP contribution is -2.17. The molecule has 0 saturated carbocycles. The summed E-state index contributed by atoms with van der Waals surface area (Å²) in [6, 6.07) is 0.601. The summed E-state index contributed by atoms with van der Waals surface area (Å²) in [5.74, 6) is 0. The van der Waals surface area contributed by atoms with Gasteiger partial charge in [0.2, 0.25) is 0 Å². The Bertz CT molecular complexity index is 223.